The van der Waals surface area contributed by atoms with E-state index in [1.807, 2.05) is 13.0 Å². The molecule has 2 heterocycles. The van der Waals surface area contributed by atoms with Crippen LogP contribution in [0.4, 0.5) is 5.82 Å². The lowest BCUT2D eigenvalue weighted by atomic mass is 10.00. The minimum atomic E-state index is 0.278. The predicted octanol–water partition coefficient (Wildman–Crippen LogP) is 2.95. The van der Waals surface area contributed by atoms with Crippen LogP contribution in [0.5, 0.6) is 0 Å². The van der Waals surface area contributed by atoms with E-state index in [0.717, 1.165) is 16.9 Å². The molecule has 80 valence electrons. The summed E-state index contributed by atoms with van der Waals surface area (Å²) in [5.74, 6) is 2.27. The van der Waals surface area contributed by atoms with E-state index in [-0.39, 0.29) is 5.92 Å². The van der Waals surface area contributed by atoms with E-state index in [4.69, 9.17) is 14.7 Å². The van der Waals surface area contributed by atoms with Gasteiger partial charge in [-0.15, -0.1) is 0 Å². The van der Waals surface area contributed by atoms with Crippen LogP contribution in [-0.4, -0.2) is 5.16 Å². The highest BCUT2D eigenvalue weighted by molar-refractivity contribution is 5.68. The van der Waals surface area contributed by atoms with Gasteiger partial charge in [-0.05, 0) is 18.9 Å². The Balaban J connectivity index is 2.59. The van der Waals surface area contributed by atoms with E-state index < -0.39 is 0 Å². The highest BCUT2D eigenvalue weighted by Crippen LogP contribution is 2.35. The maximum atomic E-state index is 5.76. The minimum Gasteiger partial charge on any atom is -0.469 e. The second-order valence-corrected chi connectivity index (χ2v) is 3.86. The van der Waals surface area contributed by atoms with Crippen molar-refractivity contribution in [2.45, 2.75) is 26.7 Å². The molecule has 0 aliphatic heterocycles. The average molecular weight is 206 g/mol. The van der Waals surface area contributed by atoms with E-state index in [1.165, 1.54) is 0 Å². The van der Waals surface area contributed by atoms with Gasteiger partial charge in [-0.1, -0.05) is 19.0 Å². The van der Waals surface area contributed by atoms with Crippen LogP contribution < -0.4 is 5.73 Å². The fourth-order valence-corrected chi connectivity index (χ4v) is 1.68. The summed E-state index contributed by atoms with van der Waals surface area (Å²) >= 11 is 0. The van der Waals surface area contributed by atoms with Gasteiger partial charge in [0.15, 0.2) is 11.6 Å². The van der Waals surface area contributed by atoms with Crippen molar-refractivity contribution < 1.29 is 8.94 Å². The second kappa shape index (κ2) is 3.46. The van der Waals surface area contributed by atoms with Crippen LogP contribution in [-0.2, 0) is 0 Å². The molecule has 0 spiro atoms. The first-order chi connectivity index (χ1) is 7.11. The Bertz CT molecular complexity index is 469. The van der Waals surface area contributed by atoms with Crippen molar-refractivity contribution in [2.24, 2.45) is 0 Å². The molecule has 0 radical (unpaired) electrons. The van der Waals surface area contributed by atoms with E-state index in [2.05, 4.69) is 19.0 Å². The van der Waals surface area contributed by atoms with Crippen LogP contribution in [0.2, 0.25) is 0 Å². The van der Waals surface area contributed by atoms with Crippen molar-refractivity contribution in [3.8, 4) is 11.3 Å². The second-order valence-electron chi connectivity index (χ2n) is 3.86. The van der Waals surface area contributed by atoms with Crippen molar-refractivity contribution in [1.29, 1.82) is 0 Å². The summed E-state index contributed by atoms with van der Waals surface area (Å²) in [7, 11) is 0. The molecule has 0 atom stereocenters. The largest absolute Gasteiger partial charge is 0.469 e. The maximum Gasteiger partial charge on any atom is 0.176 e. The number of nitrogen functional groups attached to an aromatic ring is 1. The smallest absolute Gasteiger partial charge is 0.176 e. The Morgan fingerprint density at radius 3 is 2.67 bits per heavy atom. The number of furan rings is 1. The normalized spacial score (nSPS) is 11.2. The van der Waals surface area contributed by atoms with Crippen molar-refractivity contribution in [3.63, 3.8) is 0 Å². The SMILES string of the molecule is Cc1occc1-c1onc(N)c1C(C)C. The van der Waals surface area contributed by atoms with Gasteiger partial charge in [0.1, 0.15) is 5.76 Å². The number of nitrogens with two attached hydrogens (primary N) is 1. The highest BCUT2D eigenvalue weighted by Gasteiger charge is 2.20. The van der Waals surface area contributed by atoms with Gasteiger partial charge in [0.25, 0.3) is 0 Å². The Kier molecular flexibility index (Phi) is 2.26. The Morgan fingerprint density at radius 1 is 1.40 bits per heavy atom. The van der Waals surface area contributed by atoms with Crippen molar-refractivity contribution in [2.75, 3.05) is 5.73 Å². The van der Waals surface area contributed by atoms with Gasteiger partial charge in [0.2, 0.25) is 0 Å². The number of nitrogens with zero attached hydrogens (tertiary/aromatic N) is 1. The van der Waals surface area contributed by atoms with E-state index in [1.54, 1.807) is 6.26 Å². The summed E-state index contributed by atoms with van der Waals surface area (Å²) in [4.78, 5) is 0. The van der Waals surface area contributed by atoms with Crippen LogP contribution in [0.1, 0.15) is 31.1 Å². The summed E-state index contributed by atoms with van der Waals surface area (Å²) in [6.45, 7) is 6.00. The van der Waals surface area contributed by atoms with E-state index in [9.17, 15) is 0 Å². The molecule has 0 aliphatic rings. The molecule has 0 amide bonds. The predicted molar refractivity (Wildman–Crippen MR) is 57.4 cm³/mol. The molecule has 0 aromatic carbocycles. The maximum absolute atomic E-state index is 5.76. The fraction of sp³-hybridized carbons (Fsp3) is 0.364. The number of hydrogen-bond donors (Lipinski definition) is 1. The number of rotatable bonds is 2. The van der Waals surface area contributed by atoms with E-state index in [0.29, 0.717) is 11.6 Å². The van der Waals surface area contributed by atoms with Crippen LogP contribution in [0.15, 0.2) is 21.3 Å². The standard InChI is InChI=1S/C11H14N2O2/c1-6(2)9-10(15-13-11(9)12)8-4-5-14-7(8)3/h4-6H,1-3H3,(H2,12,13). The fourth-order valence-electron chi connectivity index (χ4n) is 1.68. The van der Waals surface area contributed by atoms with Gasteiger partial charge in [0.05, 0.1) is 11.8 Å². The molecule has 2 N–H and O–H groups in total. The third kappa shape index (κ3) is 1.52. The van der Waals surface area contributed by atoms with Crippen molar-refractivity contribution in [1.82, 2.24) is 5.16 Å². The topological polar surface area (TPSA) is 65.2 Å². The number of aromatic nitrogens is 1. The Hall–Kier alpha value is -1.71. The van der Waals surface area contributed by atoms with Gasteiger partial charge < -0.3 is 14.7 Å². The Morgan fingerprint density at radius 2 is 2.13 bits per heavy atom. The summed E-state index contributed by atoms with van der Waals surface area (Å²) in [5.41, 5.74) is 7.63. The molecule has 2 aromatic rings. The molecule has 0 saturated carbocycles. The number of anilines is 1. The molecule has 0 fully saturated rings. The zero-order chi connectivity index (χ0) is 11.0. The van der Waals surface area contributed by atoms with Gasteiger partial charge in [-0.2, -0.15) is 0 Å². The van der Waals surface area contributed by atoms with Crippen LogP contribution in [0, 0.1) is 6.92 Å². The van der Waals surface area contributed by atoms with Gasteiger partial charge >= 0.3 is 0 Å². The highest BCUT2D eigenvalue weighted by atomic mass is 16.5. The summed E-state index contributed by atoms with van der Waals surface area (Å²) in [6, 6.07) is 1.86. The first-order valence-corrected chi connectivity index (χ1v) is 4.90. The Labute approximate surface area is 88.0 Å². The monoisotopic (exact) mass is 206 g/mol. The molecule has 4 nitrogen and oxygen atoms in total. The molecule has 0 aliphatic carbocycles. The first-order valence-electron chi connectivity index (χ1n) is 4.90. The lowest BCUT2D eigenvalue weighted by Gasteiger charge is -2.03. The molecule has 15 heavy (non-hydrogen) atoms. The first kappa shape index (κ1) is 9.83. The van der Waals surface area contributed by atoms with Gasteiger partial charge in [0, 0.05) is 5.56 Å². The number of hydrogen-bond acceptors (Lipinski definition) is 4. The van der Waals surface area contributed by atoms with Gasteiger partial charge in [-0.25, -0.2) is 0 Å². The molecule has 0 unspecified atom stereocenters. The molecule has 0 bridgehead atoms. The quantitative estimate of drug-likeness (QED) is 0.820. The van der Waals surface area contributed by atoms with Gasteiger partial charge in [-0.3, -0.25) is 0 Å². The third-order valence-corrected chi connectivity index (χ3v) is 2.44. The van der Waals surface area contributed by atoms with Crippen LogP contribution in [0.3, 0.4) is 0 Å². The zero-order valence-corrected chi connectivity index (χ0v) is 9.07. The van der Waals surface area contributed by atoms with Crippen molar-refractivity contribution in [3.05, 3.63) is 23.7 Å². The molecule has 0 saturated heterocycles. The molecular formula is C11H14N2O2. The summed E-state index contributed by atoms with van der Waals surface area (Å²) < 4.78 is 10.5. The van der Waals surface area contributed by atoms with E-state index >= 15 is 0 Å². The molecule has 2 aromatic heterocycles. The van der Waals surface area contributed by atoms with Crippen molar-refractivity contribution >= 4 is 5.82 Å². The van der Waals surface area contributed by atoms with Crippen LogP contribution >= 0.6 is 0 Å². The average Bonchev–Trinajstić information content (AvgIpc) is 2.71. The molecule has 4 heteroatoms. The molecular weight excluding hydrogens is 192 g/mol. The summed E-state index contributed by atoms with van der Waals surface area (Å²) in [6.07, 6.45) is 1.63. The van der Waals surface area contributed by atoms with Crippen LogP contribution in [0.25, 0.3) is 11.3 Å². The third-order valence-electron chi connectivity index (χ3n) is 2.44. The lowest BCUT2D eigenvalue weighted by Crippen LogP contribution is -1.95. The lowest BCUT2D eigenvalue weighted by molar-refractivity contribution is 0.433. The number of aryl methyl sites for hydroxylation is 1. The zero-order valence-electron chi connectivity index (χ0n) is 9.07. The molecule has 2 rings (SSSR count). The minimum absolute atomic E-state index is 0.278. The summed E-state index contributed by atoms with van der Waals surface area (Å²) in [5, 5.41) is 3.80.